The molecule has 0 radical (unpaired) electrons. The van der Waals surface area contributed by atoms with E-state index >= 15 is 0 Å². The normalized spacial score (nSPS) is 14.4. The summed E-state index contributed by atoms with van der Waals surface area (Å²) in [6.07, 6.45) is 1.70. The Morgan fingerprint density at radius 3 is 2.56 bits per heavy atom. The molecule has 2 atom stereocenters. The Morgan fingerprint density at radius 2 is 1.94 bits per heavy atom. The van der Waals surface area contributed by atoms with Gasteiger partial charge in [0.2, 0.25) is 0 Å². The lowest BCUT2D eigenvalue weighted by Gasteiger charge is -2.12. The first-order valence-electron chi connectivity index (χ1n) is 5.68. The second kappa shape index (κ2) is 10.8. The highest BCUT2D eigenvalue weighted by atomic mass is 17.2. The number of hydrogen-bond donors (Lipinski definition) is 2. The van der Waals surface area contributed by atoms with Crippen molar-refractivity contribution < 1.29 is 20.0 Å². The molecule has 0 saturated heterocycles. The molecule has 0 aliphatic carbocycles. The van der Waals surface area contributed by atoms with Crippen molar-refractivity contribution in [1.29, 1.82) is 5.26 Å². The topological polar surface area (TPSA) is 82.7 Å². The Hall–Kier alpha value is -0.670. The van der Waals surface area contributed by atoms with Gasteiger partial charge in [-0.25, -0.2) is 9.78 Å². The zero-order valence-electron chi connectivity index (χ0n) is 9.76. The summed E-state index contributed by atoms with van der Waals surface area (Å²) >= 11 is 0. The molecule has 2 unspecified atom stereocenters. The van der Waals surface area contributed by atoms with Crippen LogP contribution in [0.15, 0.2) is 0 Å². The number of aliphatic hydroxyl groups is 2. The first-order valence-corrected chi connectivity index (χ1v) is 5.68. The third kappa shape index (κ3) is 9.87. The van der Waals surface area contributed by atoms with Gasteiger partial charge in [-0.1, -0.05) is 19.8 Å². The molecule has 0 aromatic heterocycles. The van der Waals surface area contributed by atoms with Crippen LogP contribution in [0.5, 0.6) is 0 Å². The van der Waals surface area contributed by atoms with E-state index in [9.17, 15) is 10.2 Å². The first kappa shape index (κ1) is 15.3. The number of unbranched alkanes of at least 4 members (excludes halogenated alkanes) is 2. The van der Waals surface area contributed by atoms with Gasteiger partial charge in [-0.15, -0.1) is 0 Å². The van der Waals surface area contributed by atoms with E-state index in [2.05, 4.69) is 6.92 Å². The van der Waals surface area contributed by atoms with Gasteiger partial charge in [0.1, 0.15) is 6.61 Å². The largest absolute Gasteiger partial charge is 0.392 e. The van der Waals surface area contributed by atoms with Crippen LogP contribution in [0.3, 0.4) is 0 Å². The van der Waals surface area contributed by atoms with Gasteiger partial charge in [-0.2, -0.15) is 5.26 Å². The van der Waals surface area contributed by atoms with E-state index in [4.69, 9.17) is 15.0 Å². The highest BCUT2D eigenvalue weighted by Gasteiger charge is 2.12. The Bertz CT molecular complexity index is 193. The molecule has 0 bridgehead atoms. The van der Waals surface area contributed by atoms with Crippen LogP contribution in [0.1, 0.15) is 39.0 Å². The Morgan fingerprint density at radius 1 is 1.19 bits per heavy atom. The minimum atomic E-state index is -0.802. The van der Waals surface area contributed by atoms with Gasteiger partial charge in [0.15, 0.2) is 0 Å². The molecule has 0 spiro atoms. The summed E-state index contributed by atoms with van der Waals surface area (Å²) in [5.74, 6) is 0. The minimum absolute atomic E-state index is 0.0222. The second-order valence-corrected chi connectivity index (χ2v) is 3.72. The van der Waals surface area contributed by atoms with E-state index in [1.165, 1.54) is 0 Å². The fourth-order valence-corrected chi connectivity index (χ4v) is 1.17. The van der Waals surface area contributed by atoms with E-state index in [1.54, 1.807) is 0 Å². The van der Waals surface area contributed by atoms with E-state index in [1.807, 2.05) is 6.07 Å². The minimum Gasteiger partial charge on any atom is -0.392 e. The smallest absolute Gasteiger partial charge is 0.108 e. The van der Waals surface area contributed by atoms with Crippen LogP contribution >= 0.6 is 0 Å². The molecule has 5 heteroatoms. The predicted octanol–water partition coefficient (Wildman–Crippen LogP) is 1.15. The maximum absolute atomic E-state index is 9.37. The highest BCUT2D eigenvalue weighted by Crippen LogP contribution is 2.03. The molecule has 5 nitrogen and oxygen atoms in total. The van der Waals surface area contributed by atoms with Crippen molar-refractivity contribution in [2.45, 2.75) is 51.2 Å². The highest BCUT2D eigenvalue weighted by molar-refractivity contribution is 4.76. The lowest BCUT2D eigenvalue weighted by molar-refractivity contribution is -0.306. The van der Waals surface area contributed by atoms with Crippen LogP contribution in [-0.2, 0) is 9.78 Å². The zero-order valence-corrected chi connectivity index (χ0v) is 9.76. The van der Waals surface area contributed by atoms with Crippen LogP contribution in [-0.4, -0.2) is 35.6 Å². The number of aliphatic hydroxyl groups excluding tert-OH is 2. The van der Waals surface area contributed by atoms with Crippen LogP contribution in [0, 0.1) is 11.3 Å². The molecule has 0 amide bonds. The van der Waals surface area contributed by atoms with Gasteiger partial charge in [0.25, 0.3) is 0 Å². The van der Waals surface area contributed by atoms with Gasteiger partial charge < -0.3 is 10.2 Å². The maximum atomic E-state index is 9.37. The molecule has 0 saturated carbocycles. The van der Waals surface area contributed by atoms with Crippen LogP contribution < -0.4 is 0 Å². The molecule has 16 heavy (non-hydrogen) atoms. The summed E-state index contributed by atoms with van der Waals surface area (Å²) in [7, 11) is 0. The van der Waals surface area contributed by atoms with Crippen molar-refractivity contribution in [2.24, 2.45) is 0 Å². The quantitative estimate of drug-likeness (QED) is 0.335. The first-order chi connectivity index (χ1) is 7.70. The molecule has 94 valence electrons. The third-order valence-corrected chi connectivity index (χ3v) is 2.05. The van der Waals surface area contributed by atoms with Crippen molar-refractivity contribution >= 4 is 0 Å². The molecule has 0 rings (SSSR count). The summed E-state index contributed by atoms with van der Waals surface area (Å²) in [5, 5.41) is 26.9. The fraction of sp³-hybridized carbons (Fsp3) is 0.909. The average Bonchev–Trinajstić information content (AvgIpc) is 2.23. The Labute approximate surface area is 96.5 Å². The summed E-state index contributed by atoms with van der Waals surface area (Å²) in [4.78, 5) is 9.62. The molecule has 2 N–H and O–H groups in total. The van der Waals surface area contributed by atoms with Crippen LogP contribution in [0.4, 0.5) is 0 Å². The zero-order chi connectivity index (χ0) is 12.2. The van der Waals surface area contributed by atoms with Crippen molar-refractivity contribution in [2.75, 3.05) is 13.2 Å². The van der Waals surface area contributed by atoms with Crippen molar-refractivity contribution in [3.05, 3.63) is 0 Å². The molecule has 0 fully saturated rings. The summed E-state index contributed by atoms with van der Waals surface area (Å²) in [6, 6.07) is 1.83. The molecule has 0 aliphatic rings. The lowest BCUT2D eigenvalue weighted by Crippen LogP contribution is -2.22. The SMILES string of the molecule is CCCCCOOCC(O)CC(O)CC#N. The summed E-state index contributed by atoms with van der Waals surface area (Å²) in [6.45, 7) is 2.64. The molecule has 0 aromatic carbocycles. The molecule has 0 aliphatic heterocycles. The molecule has 0 heterocycles. The van der Waals surface area contributed by atoms with E-state index in [-0.39, 0.29) is 19.4 Å². The molecular formula is C11H21NO4. The van der Waals surface area contributed by atoms with Gasteiger partial charge >= 0.3 is 0 Å². The predicted molar refractivity (Wildman–Crippen MR) is 58.3 cm³/mol. The van der Waals surface area contributed by atoms with Gasteiger partial charge in [-0.3, -0.25) is 0 Å². The van der Waals surface area contributed by atoms with E-state index in [0.717, 1.165) is 19.3 Å². The van der Waals surface area contributed by atoms with Crippen molar-refractivity contribution in [1.82, 2.24) is 0 Å². The van der Waals surface area contributed by atoms with E-state index in [0.29, 0.717) is 6.61 Å². The number of nitriles is 1. The Kier molecular flexibility index (Phi) is 10.4. The number of nitrogens with zero attached hydrogens (tertiary/aromatic N) is 1. The van der Waals surface area contributed by atoms with Gasteiger partial charge in [-0.05, 0) is 6.42 Å². The summed E-state index contributed by atoms with van der Waals surface area (Å²) < 4.78 is 0. The van der Waals surface area contributed by atoms with Crippen molar-refractivity contribution in [3.8, 4) is 6.07 Å². The van der Waals surface area contributed by atoms with Crippen molar-refractivity contribution in [3.63, 3.8) is 0 Å². The molecular weight excluding hydrogens is 210 g/mol. The van der Waals surface area contributed by atoms with E-state index < -0.39 is 12.2 Å². The average molecular weight is 231 g/mol. The van der Waals surface area contributed by atoms with Gasteiger partial charge in [0, 0.05) is 6.42 Å². The van der Waals surface area contributed by atoms with Crippen LogP contribution in [0.25, 0.3) is 0 Å². The Balaban J connectivity index is 3.30. The van der Waals surface area contributed by atoms with Gasteiger partial charge in [0.05, 0.1) is 31.3 Å². The monoisotopic (exact) mass is 231 g/mol. The lowest BCUT2D eigenvalue weighted by atomic mass is 10.1. The maximum Gasteiger partial charge on any atom is 0.108 e. The summed E-state index contributed by atoms with van der Waals surface area (Å²) in [5.41, 5.74) is 0. The second-order valence-electron chi connectivity index (χ2n) is 3.72. The molecule has 0 aromatic rings. The number of rotatable bonds is 10. The van der Waals surface area contributed by atoms with Crippen LogP contribution in [0.2, 0.25) is 0 Å². The standard InChI is InChI=1S/C11H21NO4/c1-2-3-4-7-15-16-9-11(14)8-10(13)5-6-12/h10-11,13-14H,2-5,7-9H2,1H3. The third-order valence-electron chi connectivity index (χ3n) is 2.05. The number of hydrogen-bond acceptors (Lipinski definition) is 5. The fourth-order valence-electron chi connectivity index (χ4n) is 1.17.